The summed E-state index contributed by atoms with van der Waals surface area (Å²) >= 11 is 0. The van der Waals surface area contributed by atoms with Crippen molar-refractivity contribution in [3.63, 3.8) is 0 Å². The fourth-order valence-electron chi connectivity index (χ4n) is 2.01. The van der Waals surface area contributed by atoms with E-state index in [1.54, 1.807) is 0 Å². The molecule has 1 saturated carbocycles. The van der Waals surface area contributed by atoms with Gasteiger partial charge in [0.2, 0.25) is 0 Å². The van der Waals surface area contributed by atoms with Crippen molar-refractivity contribution in [2.75, 3.05) is 20.3 Å². The number of rotatable bonds is 7. The summed E-state index contributed by atoms with van der Waals surface area (Å²) < 4.78 is 5.33. The first-order valence-corrected chi connectivity index (χ1v) is 5.63. The lowest BCUT2D eigenvalue weighted by Gasteiger charge is -2.33. The fourth-order valence-corrected chi connectivity index (χ4v) is 2.01. The Morgan fingerprint density at radius 2 is 2.23 bits per heavy atom. The predicted molar refractivity (Wildman–Crippen MR) is 55.9 cm³/mol. The largest absolute Gasteiger partial charge is 0.382 e. The van der Waals surface area contributed by atoms with E-state index >= 15 is 0 Å². The summed E-state index contributed by atoms with van der Waals surface area (Å²) in [6, 6.07) is 0.745. The smallest absolute Gasteiger partial charge is 0.0466 e. The van der Waals surface area contributed by atoms with Gasteiger partial charge in [0.15, 0.2) is 0 Å². The average Bonchev–Trinajstić information content (AvgIpc) is 2.07. The van der Waals surface area contributed by atoms with Crippen LogP contribution in [0.5, 0.6) is 0 Å². The Labute approximate surface area is 82.0 Å². The monoisotopic (exact) mass is 185 g/mol. The molecule has 1 fully saturated rings. The van der Waals surface area contributed by atoms with E-state index in [1.165, 1.54) is 32.1 Å². The van der Waals surface area contributed by atoms with Gasteiger partial charge in [-0.25, -0.2) is 0 Å². The molecule has 1 N–H and O–H groups in total. The van der Waals surface area contributed by atoms with Crippen molar-refractivity contribution in [1.29, 1.82) is 0 Å². The SMILES string of the molecule is CCOCCCC(NC)C1CCC1. The second-order valence-corrected chi connectivity index (χ2v) is 3.93. The third-order valence-electron chi connectivity index (χ3n) is 3.10. The van der Waals surface area contributed by atoms with Crippen molar-refractivity contribution in [2.24, 2.45) is 5.92 Å². The van der Waals surface area contributed by atoms with E-state index in [4.69, 9.17) is 4.74 Å². The fraction of sp³-hybridized carbons (Fsp3) is 1.00. The van der Waals surface area contributed by atoms with E-state index in [2.05, 4.69) is 19.3 Å². The normalized spacial score (nSPS) is 19.8. The van der Waals surface area contributed by atoms with Gasteiger partial charge in [0, 0.05) is 19.3 Å². The first-order valence-electron chi connectivity index (χ1n) is 5.63. The Morgan fingerprint density at radius 1 is 1.46 bits per heavy atom. The summed E-state index contributed by atoms with van der Waals surface area (Å²) in [5.41, 5.74) is 0. The highest BCUT2D eigenvalue weighted by molar-refractivity contribution is 4.81. The summed E-state index contributed by atoms with van der Waals surface area (Å²) in [5, 5.41) is 3.43. The maximum Gasteiger partial charge on any atom is 0.0466 e. The van der Waals surface area contributed by atoms with Crippen molar-refractivity contribution in [3.05, 3.63) is 0 Å². The molecule has 0 aromatic rings. The minimum absolute atomic E-state index is 0.745. The molecule has 0 aliphatic heterocycles. The summed E-state index contributed by atoms with van der Waals surface area (Å²) in [6.07, 6.45) is 6.78. The van der Waals surface area contributed by atoms with Crippen molar-refractivity contribution < 1.29 is 4.74 Å². The average molecular weight is 185 g/mol. The molecular weight excluding hydrogens is 162 g/mol. The van der Waals surface area contributed by atoms with Gasteiger partial charge in [-0.15, -0.1) is 0 Å². The van der Waals surface area contributed by atoms with E-state index in [0.717, 1.165) is 25.2 Å². The van der Waals surface area contributed by atoms with Crippen LogP contribution in [-0.2, 0) is 4.74 Å². The maximum atomic E-state index is 5.33. The minimum atomic E-state index is 0.745. The van der Waals surface area contributed by atoms with Crippen molar-refractivity contribution >= 4 is 0 Å². The lowest BCUT2D eigenvalue weighted by atomic mass is 9.78. The first kappa shape index (κ1) is 11.0. The molecule has 1 rings (SSSR count). The van der Waals surface area contributed by atoms with Crippen LogP contribution in [0.4, 0.5) is 0 Å². The van der Waals surface area contributed by atoms with Crippen LogP contribution in [0.25, 0.3) is 0 Å². The first-order chi connectivity index (χ1) is 6.38. The van der Waals surface area contributed by atoms with Crippen molar-refractivity contribution in [2.45, 2.75) is 45.1 Å². The number of nitrogens with one attached hydrogen (secondary N) is 1. The molecular formula is C11H23NO. The second-order valence-electron chi connectivity index (χ2n) is 3.93. The number of hydrogen-bond donors (Lipinski definition) is 1. The molecule has 0 bridgehead atoms. The molecule has 1 unspecified atom stereocenters. The maximum absolute atomic E-state index is 5.33. The Hall–Kier alpha value is -0.0800. The lowest BCUT2D eigenvalue weighted by Crippen LogP contribution is -2.37. The van der Waals surface area contributed by atoms with E-state index < -0.39 is 0 Å². The lowest BCUT2D eigenvalue weighted by molar-refractivity contribution is 0.133. The van der Waals surface area contributed by atoms with Crippen LogP contribution < -0.4 is 5.32 Å². The van der Waals surface area contributed by atoms with Gasteiger partial charge in [-0.1, -0.05) is 6.42 Å². The molecule has 0 aromatic carbocycles. The van der Waals surface area contributed by atoms with E-state index in [1.807, 2.05) is 0 Å². The van der Waals surface area contributed by atoms with Crippen LogP contribution >= 0.6 is 0 Å². The van der Waals surface area contributed by atoms with Crippen LogP contribution in [-0.4, -0.2) is 26.3 Å². The highest BCUT2D eigenvalue weighted by Gasteiger charge is 2.25. The molecule has 13 heavy (non-hydrogen) atoms. The van der Waals surface area contributed by atoms with Crippen molar-refractivity contribution in [3.8, 4) is 0 Å². The summed E-state index contributed by atoms with van der Waals surface area (Å²) in [6.45, 7) is 3.84. The molecule has 0 radical (unpaired) electrons. The molecule has 0 aromatic heterocycles. The quantitative estimate of drug-likeness (QED) is 0.614. The Kier molecular flexibility index (Phi) is 5.40. The highest BCUT2D eigenvalue weighted by Crippen LogP contribution is 2.31. The van der Waals surface area contributed by atoms with Gasteiger partial charge in [-0.2, -0.15) is 0 Å². The Morgan fingerprint density at radius 3 is 2.69 bits per heavy atom. The molecule has 2 heteroatoms. The number of ether oxygens (including phenoxy) is 1. The van der Waals surface area contributed by atoms with Crippen LogP contribution in [0.3, 0.4) is 0 Å². The molecule has 0 heterocycles. The van der Waals surface area contributed by atoms with Gasteiger partial charge in [-0.05, 0) is 45.6 Å². The van der Waals surface area contributed by atoms with Gasteiger partial charge < -0.3 is 10.1 Å². The molecule has 1 aliphatic rings. The predicted octanol–water partition coefficient (Wildman–Crippen LogP) is 2.19. The van der Waals surface area contributed by atoms with Gasteiger partial charge in [-0.3, -0.25) is 0 Å². The molecule has 1 atom stereocenters. The molecule has 0 spiro atoms. The zero-order valence-electron chi connectivity index (χ0n) is 9.01. The van der Waals surface area contributed by atoms with E-state index in [0.29, 0.717) is 0 Å². The highest BCUT2D eigenvalue weighted by atomic mass is 16.5. The second kappa shape index (κ2) is 6.39. The topological polar surface area (TPSA) is 21.3 Å². The molecule has 2 nitrogen and oxygen atoms in total. The standard InChI is InChI=1S/C11H23NO/c1-3-13-9-5-8-11(12-2)10-6-4-7-10/h10-12H,3-9H2,1-2H3. The Bertz CT molecular complexity index is 123. The number of hydrogen-bond acceptors (Lipinski definition) is 2. The van der Waals surface area contributed by atoms with Gasteiger partial charge in [0.1, 0.15) is 0 Å². The van der Waals surface area contributed by atoms with E-state index in [9.17, 15) is 0 Å². The summed E-state index contributed by atoms with van der Waals surface area (Å²) in [4.78, 5) is 0. The van der Waals surface area contributed by atoms with Crippen LogP contribution in [0.1, 0.15) is 39.0 Å². The molecule has 78 valence electrons. The van der Waals surface area contributed by atoms with Gasteiger partial charge in [0.05, 0.1) is 0 Å². The zero-order chi connectivity index (χ0) is 9.52. The third kappa shape index (κ3) is 3.65. The van der Waals surface area contributed by atoms with Gasteiger partial charge in [0.25, 0.3) is 0 Å². The minimum Gasteiger partial charge on any atom is -0.382 e. The van der Waals surface area contributed by atoms with Crippen LogP contribution in [0, 0.1) is 5.92 Å². The molecule has 0 saturated heterocycles. The van der Waals surface area contributed by atoms with Crippen LogP contribution in [0.15, 0.2) is 0 Å². The summed E-state index contributed by atoms with van der Waals surface area (Å²) in [5.74, 6) is 0.951. The van der Waals surface area contributed by atoms with Gasteiger partial charge >= 0.3 is 0 Å². The van der Waals surface area contributed by atoms with Crippen LogP contribution in [0.2, 0.25) is 0 Å². The van der Waals surface area contributed by atoms with Crippen molar-refractivity contribution in [1.82, 2.24) is 5.32 Å². The molecule has 0 amide bonds. The Balaban J connectivity index is 2.02. The third-order valence-corrected chi connectivity index (χ3v) is 3.10. The zero-order valence-corrected chi connectivity index (χ0v) is 9.01. The van der Waals surface area contributed by atoms with E-state index in [-0.39, 0.29) is 0 Å². The summed E-state index contributed by atoms with van der Waals surface area (Å²) in [7, 11) is 2.09. The molecule has 1 aliphatic carbocycles.